The summed E-state index contributed by atoms with van der Waals surface area (Å²) < 4.78 is 15.6. The van der Waals surface area contributed by atoms with Gasteiger partial charge in [-0.1, -0.05) is 36.4 Å². The van der Waals surface area contributed by atoms with E-state index in [1.165, 1.54) is 13.2 Å². The number of methoxy groups -OCH3 is 1. The summed E-state index contributed by atoms with van der Waals surface area (Å²) in [4.78, 5) is 28.2. The van der Waals surface area contributed by atoms with Crippen molar-refractivity contribution >= 4 is 22.8 Å². The van der Waals surface area contributed by atoms with Crippen LogP contribution in [0.1, 0.15) is 21.6 Å². The van der Waals surface area contributed by atoms with Crippen molar-refractivity contribution in [3.8, 4) is 5.75 Å². The minimum Gasteiger partial charge on any atom is -0.481 e. The highest BCUT2D eigenvalue weighted by molar-refractivity contribution is 5.94. The number of hydrogen-bond donors (Lipinski definition) is 0. The zero-order valence-electron chi connectivity index (χ0n) is 15.1. The molecule has 0 aliphatic carbocycles. The van der Waals surface area contributed by atoms with Gasteiger partial charge in [0.15, 0.2) is 12.3 Å². The molecule has 1 heterocycles. The molecule has 0 radical (unpaired) electrons. The van der Waals surface area contributed by atoms with Crippen LogP contribution < -0.4 is 4.74 Å². The van der Waals surface area contributed by atoms with Crippen LogP contribution in [0.5, 0.6) is 5.75 Å². The molecule has 0 saturated heterocycles. The minimum absolute atomic E-state index is 0.114. The molecule has 3 rings (SSSR count). The molecule has 0 bridgehead atoms. The summed E-state index contributed by atoms with van der Waals surface area (Å²) >= 11 is 0. The van der Waals surface area contributed by atoms with E-state index in [0.717, 1.165) is 11.1 Å². The van der Waals surface area contributed by atoms with E-state index in [4.69, 9.17) is 14.2 Å². The van der Waals surface area contributed by atoms with E-state index < -0.39 is 11.9 Å². The van der Waals surface area contributed by atoms with Crippen molar-refractivity contribution in [1.29, 1.82) is 0 Å². The number of aryl methyl sites for hydroxylation is 1. The van der Waals surface area contributed by atoms with Crippen molar-refractivity contribution < 1.29 is 23.8 Å². The average molecular weight is 365 g/mol. The number of esters is 2. The van der Waals surface area contributed by atoms with Crippen LogP contribution in [0.3, 0.4) is 0 Å². The van der Waals surface area contributed by atoms with Gasteiger partial charge in [-0.2, -0.15) is 0 Å². The van der Waals surface area contributed by atoms with Crippen LogP contribution in [0.25, 0.3) is 10.9 Å². The molecular formula is C21H19NO5. The van der Waals surface area contributed by atoms with Gasteiger partial charge in [0.2, 0.25) is 0 Å². The third-order valence-corrected chi connectivity index (χ3v) is 3.91. The molecule has 6 heteroatoms. The van der Waals surface area contributed by atoms with Gasteiger partial charge in [-0.25, -0.2) is 14.6 Å². The maximum atomic E-state index is 12.0. The Bertz CT molecular complexity index is 969. The normalized spacial score (nSPS) is 10.4. The number of ether oxygens (including phenoxy) is 3. The Morgan fingerprint density at radius 2 is 1.81 bits per heavy atom. The number of pyridine rings is 1. The van der Waals surface area contributed by atoms with Crippen molar-refractivity contribution in [3.05, 3.63) is 71.4 Å². The van der Waals surface area contributed by atoms with Gasteiger partial charge in [0.1, 0.15) is 12.4 Å². The van der Waals surface area contributed by atoms with Crippen molar-refractivity contribution in [3.63, 3.8) is 0 Å². The van der Waals surface area contributed by atoms with E-state index in [-0.39, 0.29) is 18.9 Å². The second-order valence-electron chi connectivity index (χ2n) is 5.95. The second kappa shape index (κ2) is 8.31. The Morgan fingerprint density at radius 1 is 1.04 bits per heavy atom. The van der Waals surface area contributed by atoms with Crippen molar-refractivity contribution in [2.24, 2.45) is 0 Å². The van der Waals surface area contributed by atoms with Crippen LogP contribution in [0, 0.1) is 6.92 Å². The van der Waals surface area contributed by atoms with E-state index in [9.17, 15) is 9.59 Å². The molecule has 27 heavy (non-hydrogen) atoms. The van der Waals surface area contributed by atoms with E-state index in [1.807, 2.05) is 55.5 Å². The molecule has 0 amide bonds. The lowest BCUT2D eigenvalue weighted by Gasteiger charge is -2.11. The molecule has 1 aromatic heterocycles. The summed E-state index contributed by atoms with van der Waals surface area (Å²) in [5.74, 6) is -0.706. The molecule has 0 fully saturated rings. The Kier molecular flexibility index (Phi) is 5.66. The van der Waals surface area contributed by atoms with Gasteiger partial charge in [-0.15, -0.1) is 0 Å². The first kappa shape index (κ1) is 18.4. The lowest BCUT2D eigenvalue weighted by Crippen LogP contribution is -2.15. The Morgan fingerprint density at radius 3 is 2.56 bits per heavy atom. The third-order valence-electron chi connectivity index (χ3n) is 3.91. The molecule has 3 aromatic rings. The zero-order chi connectivity index (χ0) is 19.2. The zero-order valence-corrected chi connectivity index (χ0v) is 15.1. The summed E-state index contributed by atoms with van der Waals surface area (Å²) in [6.07, 6.45) is 0. The minimum atomic E-state index is -0.574. The van der Waals surface area contributed by atoms with E-state index in [1.54, 1.807) is 0 Å². The first-order chi connectivity index (χ1) is 13.1. The summed E-state index contributed by atoms with van der Waals surface area (Å²) in [5.41, 5.74) is 2.59. The molecule has 0 spiro atoms. The highest BCUT2D eigenvalue weighted by Crippen LogP contribution is 2.26. The Labute approximate surface area is 156 Å². The number of aromatic nitrogens is 1. The fourth-order valence-electron chi connectivity index (χ4n) is 2.55. The number of hydrogen-bond acceptors (Lipinski definition) is 6. The van der Waals surface area contributed by atoms with Gasteiger partial charge in [-0.3, -0.25) is 0 Å². The van der Waals surface area contributed by atoms with Crippen molar-refractivity contribution in [2.75, 3.05) is 13.7 Å². The maximum absolute atomic E-state index is 12.0. The first-order valence-corrected chi connectivity index (χ1v) is 8.39. The number of carbonyl (C=O) groups is 2. The molecule has 0 saturated carbocycles. The fourth-order valence-corrected chi connectivity index (χ4v) is 2.55. The molecule has 2 aromatic carbocycles. The highest BCUT2D eigenvalue weighted by Gasteiger charge is 2.15. The lowest BCUT2D eigenvalue weighted by atomic mass is 10.1. The number of carbonyl (C=O) groups excluding carboxylic acids is 2. The summed E-state index contributed by atoms with van der Waals surface area (Å²) in [6, 6.07) is 16.4. The molecule has 0 aliphatic rings. The van der Waals surface area contributed by atoms with Crippen molar-refractivity contribution in [1.82, 2.24) is 4.98 Å². The molecule has 6 nitrogen and oxygen atoms in total. The van der Waals surface area contributed by atoms with E-state index in [0.29, 0.717) is 16.7 Å². The monoisotopic (exact) mass is 365 g/mol. The predicted octanol–water partition coefficient (Wildman–Crippen LogP) is 3.45. The second-order valence-corrected chi connectivity index (χ2v) is 5.95. The predicted molar refractivity (Wildman–Crippen MR) is 99.6 cm³/mol. The van der Waals surface area contributed by atoms with Crippen LogP contribution in [-0.2, 0) is 20.9 Å². The van der Waals surface area contributed by atoms with Gasteiger partial charge in [0.05, 0.1) is 12.6 Å². The molecular weight excluding hydrogens is 346 g/mol. The molecule has 0 atom stereocenters. The Balaban J connectivity index is 1.75. The van der Waals surface area contributed by atoms with Gasteiger partial charge in [0.25, 0.3) is 0 Å². The number of fused-ring (bicyclic) bond motifs is 1. The molecule has 0 N–H and O–H groups in total. The van der Waals surface area contributed by atoms with Crippen LogP contribution in [-0.4, -0.2) is 30.6 Å². The van der Waals surface area contributed by atoms with E-state index in [2.05, 4.69) is 4.98 Å². The topological polar surface area (TPSA) is 74.7 Å². The van der Waals surface area contributed by atoms with Crippen LogP contribution in [0.4, 0.5) is 0 Å². The standard InChI is InChI=1S/C21H19NO5/c1-14-8-9-16-17(10-14)22-18(21(24)25-2)11-19(16)26-13-20(23)27-12-15-6-4-3-5-7-15/h3-11H,12-13H2,1-2H3. The van der Waals surface area contributed by atoms with Crippen LogP contribution in [0.15, 0.2) is 54.6 Å². The smallest absolute Gasteiger partial charge is 0.356 e. The van der Waals surface area contributed by atoms with Gasteiger partial charge < -0.3 is 14.2 Å². The number of rotatable bonds is 6. The van der Waals surface area contributed by atoms with Crippen LogP contribution >= 0.6 is 0 Å². The SMILES string of the molecule is COC(=O)c1cc(OCC(=O)OCc2ccccc2)c2ccc(C)cc2n1. The average Bonchev–Trinajstić information content (AvgIpc) is 2.70. The summed E-state index contributed by atoms with van der Waals surface area (Å²) in [6.45, 7) is 1.82. The Hall–Kier alpha value is -3.41. The first-order valence-electron chi connectivity index (χ1n) is 8.39. The fraction of sp³-hybridized carbons (Fsp3) is 0.190. The molecule has 138 valence electrons. The largest absolute Gasteiger partial charge is 0.481 e. The summed E-state index contributed by atoms with van der Waals surface area (Å²) in [5, 5.41) is 0.698. The van der Waals surface area contributed by atoms with Gasteiger partial charge in [0, 0.05) is 11.5 Å². The molecule has 0 unspecified atom stereocenters. The quantitative estimate of drug-likeness (QED) is 0.623. The lowest BCUT2D eigenvalue weighted by molar-refractivity contribution is -0.147. The van der Waals surface area contributed by atoms with Gasteiger partial charge >= 0.3 is 11.9 Å². The highest BCUT2D eigenvalue weighted by atomic mass is 16.6. The van der Waals surface area contributed by atoms with Crippen molar-refractivity contribution in [2.45, 2.75) is 13.5 Å². The number of nitrogens with zero attached hydrogens (tertiary/aromatic N) is 1. The summed E-state index contributed by atoms with van der Waals surface area (Å²) in [7, 11) is 1.28. The van der Waals surface area contributed by atoms with Crippen LogP contribution in [0.2, 0.25) is 0 Å². The van der Waals surface area contributed by atoms with Gasteiger partial charge in [-0.05, 0) is 30.2 Å². The third kappa shape index (κ3) is 4.61. The maximum Gasteiger partial charge on any atom is 0.356 e. The number of benzene rings is 2. The van der Waals surface area contributed by atoms with E-state index >= 15 is 0 Å². The molecule has 0 aliphatic heterocycles.